The normalized spacial score (nSPS) is 24.5. The fraction of sp³-hybridized carbons (Fsp3) is 0.692. The van der Waals surface area contributed by atoms with Crippen molar-refractivity contribution in [2.75, 3.05) is 18.1 Å². The maximum absolute atomic E-state index is 12.5. The minimum absolute atomic E-state index is 0.0606. The zero-order valence-electron chi connectivity index (χ0n) is 10.6. The van der Waals surface area contributed by atoms with Gasteiger partial charge in [-0.15, -0.1) is 0 Å². The topological polar surface area (TPSA) is 57.6 Å². The third-order valence-electron chi connectivity index (χ3n) is 3.65. The highest BCUT2D eigenvalue weighted by Crippen LogP contribution is 2.29. The van der Waals surface area contributed by atoms with Crippen molar-refractivity contribution < 1.29 is 14.7 Å². The van der Waals surface area contributed by atoms with Gasteiger partial charge in [0.05, 0.1) is 12.5 Å². The molecule has 0 aromatic heterocycles. The minimum Gasteiger partial charge on any atom is -0.481 e. The summed E-state index contributed by atoms with van der Waals surface area (Å²) in [6.45, 7) is 2.70. The molecule has 1 aliphatic carbocycles. The third kappa shape index (κ3) is 2.88. The molecule has 0 aromatic carbocycles. The van der Waals surface area contributed by atoms with Crippen LogP contribution < -0.4 is 0 Å². The van der Waals surface area contributed by atoms with Crippen molar-refractivity contribution in [2.24, 2.45) is 0 Å². The van der Waals surface area contributed by atoms with Gasteiger partial charge in [0.15, 0.2) is 0 Å². The molecule has 0 spiro atoms. The minimum atomic E-state index is -0.822. The molecule has 4 nitrogen and oxygen atoms in total. The Bertz CT molecular complexity index is 392. The number of rotatable bonds is 3. The van der Waals surface area contributed by atoms with E-state index in [0.29, 0.717) is 6.54 Å². The Morgan fingerprint density at radius 1 is 1.44 bits per heavy atom. The van der Waals surface area contributed by atoms with Crippen molar-refractivity contribution in [3.05, 3.63) is 11.1 Å². The van der Waals surface area contributed by atoms with Gasteiger partial charge >= 0.3 is 5.97 Å². The number of carbonyl (C=O) groups excluding carboxylic acids is 1. The molecule has 100 valence electrons. The molecular weight excluding hydrogens is 250 g/mol. The standard InChI is InChI=1S/C13H19NO3S/c1-9-3-2-4-11(9)13(17)14-5-6-18-8-10(14)7-12(15)16/h10H,2-8H2,1H3,(H,15,16). The smallest absolute Gasteiger partial charge is 0.305 e. The molecular formula is C13H19NO3S. The van der Waals surface area contributed by atoms with Crippen LogP contribution in [0.2, 0.25) is 0 Å². The van der Waals surface area contributed by atoms with E-state index < -0.39 is 5.97 Å². The summed E-state index contributed by atoms with van der Waals surface area (Å²) in [6.07, 6.45) is 2.98. The molecule has 1 atom stereocenters. The lowest BCUT2D eigenvalue weighted by atomic mass is 10.1. The number of aliphatic carboxylic acids is 1. The van der Waals surface area contributed by atoms with Gasteiger partial charge in [-0.1, -0.05) is 5.57 Å². The SMILES string of the molecule is CC1=C(C(=O)N2CCSCC2CC(=O)O)CCC1. The summed E-state index contributed by atoms with van der Waals surface area (Å²) in [5, 5.41) is 8.92. The van der Waals surface area contributed by atoms with Crippen LogP contribution >= 0.6 is 11.8 Å². The molecule has 5 heteroatoms. The van der Waals surface area contributed by atoms with Crippen LogP contribution in [0.15, 0.2) is 11.1 Å². The maximum atomic E-state index is 12.5. The molecule has 1 amide bonds. The van der Waals surface area contributed by atoms with Gasteiger partial charge in [-0.2, -0.15) is 11.8 Å². The number of hydrogen-bond donors (Lipinski definition) is 1. The first-order chi connectivity index (χ1) is 8.59. The van der Waals surface area contributed by atoms with E-state index in [9.17, 15) is 9.59 Å². The van der Waals surface area contributed by atoms with E-state index in [2.05, 4.69) is 0 Å². The third-order valence-corrected chi connectivity index (χ3v) is 4.74. The molecule has 0 aromatic rings. The van der Waals surface area contributed by atoms with Crippen molar-refractivity contribution in [1.29, 1.82) is 0 Å². The molecule has 0 saturated carbocycles. The second-order valence-corrected chi connectivity index (χ2v) is 6.09. The zero-order valence-corrected chi connectivity index (χ0v) is 11.5. The number of carboxylic acid groups (broad SMARTS) is 1. The Balaban J connectivity index is 2.11. The van der Waals surface area contributed by atoms with Crippen molar-refractivity contribution >= 4 is 23.6 Å². The van der Waals surface area contributed by atoms with E-state index >= 15 is 0 Å². The van der Waals surface area contributed by atoms with Gasteiger partial charge in [0, 0.05) is 23.6 Å². The Morgan fingerprint density at radius 2 is 2.22 bits per heavy atom. The highest BCUT2D eigenvalue weighted by atomic mass is 32.2. The molecule has 1 aliphatic heterocycles. The summed E-state index contributed by atoms with van der Waals surface area (Å²) in [4.78, 5) is 25.1. The van der Waals surface area contributed by atoms with Gasteiger partial charge < -0.3 is 10.0 Å². The van der Waals surface area contributed by atoms with E-state index in [4.69, 9.17) is 5.11 Å². The molecule has 0 radical (unpaired) electrons. The number of amides is 1. The lowest BCUT2D eigenvalue weighted by Crippen LogP contribution is -2.47. The summed E-state index contributed by atoms with van der Waals surface area (Å²) in [5.41, 5.74) is 2.12. The average Bonchev–Trinajstić information content (AvgIpc) is 2.74. The quantitative estimate of drug-likeness (QED) is 0.850. The van der Waals surface area contributed by atoms with E-state index in [-0.39, 0.29) is 18.4 Å². The van der Waals surface area contributed by atoms with E-state index in [1.165, 1.54) is 5.57 Å². The first-order valence-electron chi connectivity index (χ1n) is 6.38. The van der Waals surface area contributed by atoms with Crippen LogP contribution in [-0.2, 0) is 9.59 Å². The van der Waals surface area contributed by atoms with Crippen molar-refractivity contribution in [3.63, 3.8) is 0 Å². The van der Waals surface area contributed by atoms with Gasteiger partial charge in [0.1, 0.15) is 0 Å². The predicted molar refractivity (Wildman–Crippen MR) is 71.6 cm³/mol. The second-order valence-electron chi connectivity index (χ2n) is 4.94. The van der Waals surface area contributed by atoms with Crippen LogP contribution in [0.4, 0.5) is 0 Å². The molecule has 0 bridgehead atoms. The molecule has 2 rings (SSSR count). The molecule has 1 fully saturated rings. The van der Waals surface area contributed by atoms with Gasteiger partial charge in [-0.3, -0.25) is 9.59 Å². The number of nitrogens with zero attached hydrogens (tertiary/aromatic N) is 1. The fourth-order valence-electron chi connectivity index (χ4n) is 2.65. The Morgan fingerprint density at radius 3 is 2.83 bits per heavy atom. The molecule has 18 heavy (non-hydrogen) atoms. The Hall–Kier alpha value is -0.970. The molecule has 1 N–H and O–H groups in total. The Kier molecular flexibility index (Phi) is 4.32. The maximum Gasteiger partial charge on any atom is 0.305 e. The monoisotopic (exact) mass is 269 g/mol. The number of thioether (sulfide) groups is 1. The predicted octanol–water partition coefficient (Wildman–Crippen LogP) is 1.91. The average molecular weight is 269 g/mol. The fourth-order valence-corrected chi connectivity index (χ4v) is 3.71. The molecule has 1 heterocycles. The van der Waals surface area contributed by atoms with Gasteiger partial charge in [-0.25, -0.2) is 0 Å². The van der Waals surface area contributed by atoms with Crippen LogP contribution in [-0.4, -0.2) is 46.0 Å². The lowest BCUT2D eigenvalue weighted by Gasteiger charge is -2.35. The van der Waals surface area contributed by atoms with Crippen LogP contribution in [0, 0.1) is 0 Å². The van der Waals surface area contributed by atoms with Gasteiger partial charge in [0.2, 0.25) is 5.91 Å². The summed E-state index contributed by atoms with van der Waals surface area (Å²) in [7, 11) is 0. The first-order valence-corrected chi connectivity index (χ1v) is 7.54. The summed E-state index contributed by atoms with van der Waals surface area (Å²) < 4.78 is 0. The highest BCUT2D eigenvalue weighted by Gasteiger charge is 2.31. The van der Waals surface area contributed by atoms with Crippen LogP contribution in [0.5, 0.6) is 0 Å². The Labute approximate surface area is 111 Å². The van der Waals surface area contributed by atoms with Crippen molar-refractivity contribution in [3.8, 4) is 0 Å². The number of carbonyl (C=O) groups is 2. The van der Waals surface area contributed by atoms with Gasteiger partial charge in [0.25, 0.3) is 0 Å². The number of carboxylic acids is 1. The second kappa shape index (κ2) is 5.78. The first kappa shape index (κ1) is 13.5. The van der Waals surface area contributed by atoms with Crippen LogP contribution in [0.3, 0.4) is 0 Å². The van der Waals surface area contributed by atoms with Crippen LogP contribution in [0.1, 0.15) is 32.6 Å². The highest BCUT2D eigenvalue weighted by molar-refractivity contribution is 7.99. The van der Waals surface area contributed by atoms with Crippen molar-refractivity contribution in [1.82, 2.24) is 4.90 Å². The van der Waals surface area contributed by atoms with Gasteiger partial charge in [-0.05, 0) is 26.2 Å². The van der Waals surface area contributed by atoms with E-state index in [1.807, 2.05) is 6.92 Å². The summed E-state index contributed by atoms with van der Waals surface area (Å²) in [6, 6.07) is -0.144. The summed E-state index contributed by atoms with van der Waals surface area (Å²) in [5.74, 6) is 0.910. The lowest BCUT2D eigenvalue weighted by molar-refractivity contribution is -0.139. The molecule has 1 saturated heterocycles. The number of allylic oxidation sites excluding steroid dienone is 1. The van der Waals surface area contributed by atoms with E-state index in [0.717, 1.165) is 36.3 Å². The largest absolute Gasteiger partial charge is 0.481 e. The van der Waals surface area contributed by atoms with Crippen LogP contribution in [0.25, 0.3) is 0 Å². The van der Waals surface area contributed by atoms with Crippen molar-refractivity contribution in [2.45, 2.75) is 38.6 Å². The summed E-state index contributed by atoms with van der Waals surface area (Å²) >= 11 is 1.74. The molecule has 2 aliphatic rings. The number of hydrogen-bond acceptors (Lipinski definition) is 3. The molecule has 1 unspecified atom stereocenters. The van der Waals surface area contributed by atoms with E-state index in [1.54, 1.807) is 16.7 Å². The zero-order chi connectivity index (χ0) is 13.1.